The van der Waals surface area contributed by atoms with Gasteiger partial charge in [-0.2, -0.15) is 5.10 Å². The lowest BCUT2D eigenvalue weighted by atomic mass is 10.1. The summed E-state index contributed by atoms with van der Waals surface area (Å²) in [6.45, 7) is 2.59. The molecule has 0 bridgehead atoms. The number of nitrogens with one attached hydrogen (secondary N) is 2. The Hall–Kier alpha value is -2.17. The molecule has 5 heteroatoms. The van der Waals surface area contributed by atoms with Crippen molar-refractivity contribution in [1.82, 2.24) is 20.5 Å². The van der Waals surface area contributed by atoms with Crippen molar-refractivity contribution < 1.29 is 4.79 Å². The molecule has 18 heavy (non-hydrogen) atoms. The van der Waals surface area contributed by atoms with Crippen molar-refractivity contribution in [3.8, 4) is 0 Å². The van der Waals surface area contributed by atoms with E-state index in [1.54, 1.807) is 0 Å². The Morgan fingerprint density at radius 2 is 2.33 bits per heavy atom. The number of H-pyrrole nitrogens is 1. The monoisotopic (exact) mass is 244 g/mol. The summed E-state index contributed by atoms with van der Waals surface area (Å²) in [5, 5.41) is 9.37. The highest BCUT2D eigenvalue weighted by Gasteiger charge is 2.03. The first-order chi connectivity index (χ1) is 8.74. The molecule has 94 valence electrons. The summed E-state index contributed by atoms with van der Waals surface area (Å²) >= 11 is 0. The van der Waals surface area contributed by atoms with Crippen LogP contribution in [0.3, 0.4) is 0 Å². The van der Waals surface area contributed by atoms with Gasteiger partial charge < -0.3 is 5.32 Å². The molecule has 5 nitrogen and oxygen atoms in total. The topological polar surface area (TPSA) is 70.7 Å². The van der Waals surface area contributed by atoms with Crippen LogP contribution in [0, 0.1) is 6.92 Å². The molecule has 2 rings (SSSR count). The Bertz CT molecular complexity index is 507. The van der Waals surface area contributed by atoms with E-state index in [1.807, 2.05) is 31.2 Å². The summed E-state index contributed by atoms with van der Waals surface area (Å²) in [6.07, 6.45) is 2.54. The van der Waals surface area contributed by atoms with Gasteiger partial charge in [0.2, 0.25) is 5.91 Å². The number of rotatable bonds is 5. The van der Waals surface area contributed by atoms with Gasteiger partial charge in [0.05, 0.1) is 6.42 Å². The normalized spacial score (nSPS) is 10.3. The average molecular weight is 244 g/mol. The number of carbonyl (C=O) groups is 1. The van der Waals surface area contributed by atoms with E-state index in [4.69, 9.17) is 0 Å². The van der Waals surface area contributed by atoms with Crippen molar-refractivity contribution >= 4 is 5.91 Å². The Morgan fingerprint density at radius 1 is 1.44 bits per heavy atom. The number of aryl methyl sites for hydroxylation is 1. The van der Waals surface area contributed by atoms with Gasteiger partial charge in [0, 0.05) is 13.0 Å². The second-order valence-electron chi connectivity index (χ2n) is 4.20. The highest BCUT2D eigenvalue weighted by molar-refractivity contribution is 5.78. The molecule has 0 aliphatic heterocycles. The maximum Gasteiger partial charge on any atom is 0.224 e. The predicted molar refractivity (Wildman–Crippen MR) is 68.0 cm³/mol. The van der Waals surface area contributed by atoms with Crippen molar-refractivity contribution in [3.05, 3.63) is 47.5 Å². The zero-order chi connectivity index (χ0) is 12.8. The second-order valence-corrected chi connectivity index (χ2v) is 4.20. The summed E-state index contributed by atoms with van der Waals surface area (Å²) in [4.78, 5) is 15.7. The van der Waals surface area contributed by atoms with Gasteiger partial charge in [-0.05, 0) is 12.5 Å². The Labute approximate surface area is 106 Å². The lowest BCUT2D eigenvalue weighted by Gasteiger charge is -2.04. The van der Waals surface area contributed by atoms with Gasteiger partial charge in [-0.15, -0.1) is 0 Å². The zero-order valence-electron chi connectivity index (χ0n) is 10.3. The number of aromatic nitrogens is 3. The fourth-order valence-electron chi connectivity index (χ4n) is 1.74. The number of benzene rings is 1. The molecule has 0 aliphatic carbocycles. The fraction of sp³-hybridized carbons (Fsp3) is 0.308. The van der Waals surface area contributed by atoms with E-state index >= 15 is 0 Å². The number of carbonyl (C=O) groups excluding carboxylic acids is 1. The molecule has 0 saturated heterocycles. The van der Waals surface area contributed by atoms with Gasteiger partial charge in [-0.1, -0.05) is 29.8 Å². The summed E-state index contributed by atoms with van der Waals surface area (Å²) in [7, 11) is 0. The molecule has 0 unspecified atom stereocenters. The van der Waals surface area contributed by atoms with Gasteiger partial charge in [-0.3, -0.25) is 9.89 Å². The SMILES string of the molecule is Cc1cccc(CC(=O)NCCc2ncn[nH]2)c1. The van der Waals surface area contributed by atoms with E-state index in [2.05, 4.69) is 20.5 Å². The second kappa shape index (κ2) is 5.95. The van der Waals surface area contributed by atoms with Crippen molar-refractivity contribution in [2.75, 3.05) is 6.54 Å². The van der Waals surface area contributed by atoms with Crippen LogP contribution in [0.15, 0.2) is 30.6 Å². The van der Waals surface area contributed by atoms with Crippen molar-refractivity contribution in [2.24, 2.45) is 0 Å². The Kier molecular flexibility index (Phi) is 4.06. The van der Waals surface area contributed by atoms with Crippen LogP contribution in [0.25, 0.3) is 0 Å². The van der Waals surface area contributed by atoms with E-state index < -0.39 is 0 Å². The van der Waals surface area contributed by atoms with Gasteiger partial charge in [0.25, 0.3) is 0 Å². The van der Waals surface area contributed by atoms with Crippen LogP contribution < -0.4 is 5.32 Å². The first kappa shape index (κ1) is 12.3. The standard InChI is InChI=1S/C13H16N4O/c1-10-3-2-4-11(7-10)8-13(18)14-6-5-12-15-9-16-17-12/h2-4,7,9H,5-6,8H2,1H3,(H,14,18)(H,15,16,17). The minimum absolute atomic E-state index is 0.0279. The van der Waals surface area contributed by atoms with E-state index in [9.17, 15) is 4.79 Å². The Morgan fingerprint density at radius 3 is 3.06 bits per heavy atom. The molecule has 0 atom stereocenters. The van der Waals surface area contributed by atoms with Crippen LogP contribution in [-0.4, -0.2) is 27.6 Å². The first-order valence-electron chi connectivity index (χ1n) is 5.90. The quantitative estimate of drug-likeness (QED) is 0.824. The van der Waals surface area contributed by atoms with Crippen molar-refractivity contribution in [1.29, 1.82) is 0 Å². The first-order valence-corrected chi connectivity index (χ1v) is 5.90. The lowest BCUT2D eigenvalue weighted by Crippen LogP contribution is -2.27. The average Bonchev–Trinajstić information content (AvgIpc) is 2.82. The minimum Gasteiger partial charge on any atom is -0.355 e. The summed E-state index contributed by atoms with van der Waals surface area (Å²) in [5.74, 6) is 0.811. The number of nitrogens with zero attached hydrogens (tertiary/aromatic N) is 2. The van der Waals surface area contributed by atoms with Crippen LogP contribution in [0.2, 0.25) is 0 Å². The molecule has 1 heterocycles. The smallest absolute Gasteiger partial charge is 0.224 e. The van der Waals surface area contributed by atoms with Crippen LogP contribution in [0.1, 0.15) is 17.0 Å². The minimum atomic E-state index is 0.0279. The highest BCUT2D eigenvalue weighted by Crippen LogP contribution is 2.04. The summed E-state index contributed by atoms with van der Waals surface area (Å²) < 4.78 is 0. The molecular formula is C13H16N4O. The zero-order valence-corrected chi connectivity index (χ0v) is 10.3. The number of amides is 1. The lowest BCUT2D eigenvalue weighted by molar-refractivity contribution is -0.120. The predicted octanol–water partition coefficient (Wildman–Crippen LogP) is 1.01. The molecule has 0 saturated carbocycles. The molecule has 2 N–H and O–H groups in total. The molecule has 0 fully saturated rings. The van der Waals surface area contributed by atoms with E-state index in [0.29, 0.717) is 19.4 Å². The molecule has 1 amide bonds. The maximum absolute atomic E-state index is 11.7. The molecule has 0 spiro atoms. The van der Waals surface area contributed by atoms with E-state index in [0.717, 1.165) is 11.4 Å². The third-order valence-corrected chi connectivity index (χ3v) is 2.60. The molecule has 1 aromatic heterocycles. The Balaban J connectivity index is 1.75. The van der Waals surface area contributed by atoms with Crippen LogP contribution in [-0.2, 0) is 17.6 Å². The third-order valence-electron chi connectivity index (χ3n) is 2.60. The van der Waals surface area contributed by atoms with Crippen LogP contribution in [0.4, 0.5) is 0 Å². The highest BCUT2D eigenvalue weighted by atomic mass is 16.1. The molecule has 1 aromatic carbocycles. The molecular weight excluding hydrogens is 228 g/mol. The van der Waals surface area contributed by atoms with Gasteiger partial charge >= 0.3 is 0 Å². The fourth-order valence-corrected chi connectivity index (χ4v) is 1.74. The summed E-state index contributed by atoms with van der Waals surface area (Å²) in [6, 6.07) is 7.97. The number of aromatic amines is 1. The molecule has 2 aromatic rings. The number of hydrogen-bond acceptors (Lipinski definition) is 3. The van der Waals surface area contributed by atoms with Crippen molar-refractivity contribution in [2.45, 2.75) is 19.8 Å². The molecule has 0 radical (unpaired) electrons. The third kappa shape index (κ3) is 3.69. The maximum atomic E-state index is 11.7. The molecule has 0 aliphatic rings. The largest absolute Gasteiger partial charge is 0.355 e. The van der Waals surface area contributed by atoms with Crippen LogP contribution in [0.5, 0.6) is 0 Å². The van der Waals surface area contributed by atoms with Gasteiger partial charge in [0.15, 0.2) is 0 Å². The van der Waals surface area contributed by atoms with Gasteiger partial charge in [-0.25, -0.2) is 4.98 Å². The van der Waals surface area contributed by atoms with Crippen molar-refractivity contribution in [3.63, 3.8) is 0 Å². The van der Waals surface area contributed by atoms with E-state index in [-0.39, 0.29) is 5.91 Å². The van der Waals surface area contributed by atoms with Gasteiger partial charge in [0.1, 0.15) is 12.2 Å². The summed E-state index contributed by atoms with van der Waals surface area (Å²) in [5.41, 5.74) is 2.20. The number of hydrogen-bond donors (Lipinski definition) is 2. The van der Waals surface area contributed by atoms with E-state index in [1.165, 1.54) is 11.9 Å². The van der Waals surface area contributed by atoms with Crippen LogP contribution >= 0.6 is 0 Å².